The Morgan fingerprint density at radius 2 is 0.589 bits per heavy atom. The second-order valence-corrected chi connectivity index (χ2v) is 16.7. The van der Waals surface area contributed by atoms with Crippen LogP contribution in [-0.4, -0.2) is 37.2 Å². The minimum atomic E-state index is -0.761. The van der Waals surface area contributed by atoms with Crippen molar-refractivity contribution in [1.29, 1.82) is 0 Å². The summed E-state index contributed by atoms with van der Waals surface area (Å²) in [6.07, 6.45) is 49.3. The summed E-state index contributed by atoms with van der Waals surface area (Å²) in [6.45, 7) is 6.60. The molecule has 0 aromatic heterocycles. The number of esters is 3. The van der Waals surface area contributed by atoms with Gasteiger partial charge in [-0.15, -0.1) is 0 Å². The van der Waals surface area contributed by atoms with E-state index in [1.807, 2.05) is 0 Å². The number of hydrogen-bond donors (Lipinski definition) is 0. The monoisotopic (exact) mass is 791 g/mol. The van der Waals surface area contributed by atoms with Crippen LogP contribution in [0.2, 0.25) is 0 Å². The molecule has 0 N–H and O–H groups in total. The van der Waals surface area contributed by atoms with Crippen molar-refractivity contribution in [1.82, 2.24) is 0 Å². The molecule has 0 aliphatic carbocycles. The van der Waals surface area contributed by atoms with E-state index in [1.54, 1.807) is 0 Å². The van der Waals surface area contributed by atoms with E-state index in [0.29, 0.717) is 19.3 Å². The van der Waals surface area contributed by atoms with Crippen LogP contribution in [-0.2, 0) is 28.6 Å². The van der Waals surface area contributed by atoms with Gasteiger partial charge in [0.25, 0.3) is 0 Å². The highest BCUT2D eigenvalue weighted by Gasteiger charge is 2.19. The van der Waals surface area contributed by atoms with Gasteiger partial charge in [-0.05, 0) is 44.9 Å². The van der Waals surface area contributed by atoms with Crippen LogP contribution in [0.5, 0.6) is 0 Å². The van der Waals surface area contributed by atoms with E-state index < -0.39 is 6.10 Å². The fourth-order valence-corrected chi connectivity index (χ4v) is 7.26. The highest BCUT2D eigenvalue weighted by atomic mass is 16.6. The van der Waals surface area contributed by atoms with Crippen LogP contribution in [0.25, 0.3) is 0 Å². The zero-order valence-electron chi connectivity index (χ0n) is 37.7. The molecule has 0 amide bonds. The molecule has 6 nitrogen and oxygen atoms in total. The van der Waals surface area contributed by atoms with Gasteiger partial charge in [0.15, 0.2) is 6.10 Å². The number of rotatable bonds is 45. The molecule has 1 atom stereocenters. The van der Waals surface area contributed by atoms with Gasteiger partial charge in [0.1, 0.15) is 13.2 Å². The van der Waals surface area contributed by atoms with Crippen LogP contribution in [0.4, 0.5) is 0 Å². The van der Waals surface area contributed by atoms with E-state index in [2.05, 4.69) is 32.9 Å². The number of unbranched alkanes of at least 4 members (excludes halogenated alkanes) is 32. The van der Waals surface area contributed by atoms with Crippen molar-refractivity contribution < 1.29 is 28.6 Å². The third-order valence-electron chi connectivity index (χ3n) is 11.0. The Labute approximate surface area is 348 Å². The average molecular weight is 791 g/mol. The van der Waals surface area contributed by atoms with E-state index in [1.165, 1.54) is 173 Å². The molecule has 0 aliphatic heterocycles. The number of hydrogen-bond acceptors (Lipinski definition) is 6. The molecule has 0 bridgehead atoms. The molecule has 1 unspecified atom stereocenters. The summed E-state index contributed by atoms with van der Waals surface area (Å²) in [7, 11) is 0. The Morgan fingerprint density at radius 1 is 0.339 bits per heavy atom. The lowest BCUT2D eigenvalue weighted by molar-refractivity contribution is -0.167. The smallest absolute Gasteiger partial charge is 0.306 e. The maximum absolute atomic E-state index is 12.7. The van der Waals surface area contributed by atoms with Gasteiger partial charge in [0, 0.05) is 19.3 Å². The molecule has 0 saturated carbocycles. The topological polar surface area (TPSA) is 78.9 Å². The lowest BCUT2D eigenvalue weighted by Gasteiger charge is -2.18. The summed E-state index contributed by atoms with van der Waals surface area (Å²) in [5.41, 5.74) is 0. The lowest BCUT2D eigenvalue weighted by Crippen LogP contribution is -2.30. The van der Waals surface area contributed by atoms with E-state index >= 15 is 0 Å². The number of ether oxygens (including phenoxy) is 3. The first-order valence-electron chi connectivity index (χ1n) is 24.7. The quantitative estimate of drug-likeness (QED) is 0.0264. The molecule has 0 spiro atoms. The Kier molecular flexibility index (Phi) is 44.3. The molecule has 6 heteroatoms. The van der Waals surface area contributed by atoms with Gasteiger partial charge in [-0.1, -0.05) is 219 Å². The van der Waals surface area contributed by atoms with Crippen LogP contribution in [0.3, 0.4) is 0 Å². The van der Waals surface area contributed by atoms with Crippen molar-refractivity contribution in [2.45, 2.75) is 277 Å². The van der Waals surface area contributed by atoms with Crippen LogP contribution in [0.1, 0.15) is 271 Å². The molecule has 0 aliphatic rings. The van der Waals surface area contributed by atoms with Crippen LogP contribution in [0.15, 0.2) is 12.2 Å². The summed E-state index contributed by atoms with van der Waals surface area (Å²) < 4.78 is 16.7. The predicted octanol–water partition coefficient (Wildman–Crippen LogP) is 15.8. The molecule has 0 aromatic rings. The molecular weight excluding hydrogens is 697 g/mol. The maximum atomic E-state index is 12.7. The maximum Gasteiger partial charge on any atom is 0.306 e. The van der Waals surface area contributed by atoms with Gasteiger partial charge >= 0.3 is 17.9 Å². The molecule has 0 heterocycles. The summed E-state index contributed by atoms with van der Waals surface area (Å²) in [5.74, 6) is -0.866. The highest BCUT2D eigenvalue weighted by Crippen LogP contribution is 2.15. The van der Waals surface area contributed by atoms with Gasteiger partial charge < -0.3 is 14.2 Å². The molecule has 0 radical (unpaired) electrons. The third-order valence-corrected chi connectivity index (χ3v) is 11.0. The first-order chi connectivity index (χ1) is 27.5. The van der Waals surface area contributed by atoms with Gasteiger partial charge in [0.2, 0.25) is 0 Å². The van der Waals surface area contributed by atoms with Crippen molar-refractivity contribution in [3.05, 3.63) is 12.2 Å². The zero-order chi connectivity index (χ0) is 40.8. The van der Waals surface area contributed by atoms with Crippen LogP contribution >= 0.6 is 0 Å². The van der Waals surface area contributed by atoms with Crippen molar-refractivity contribution in [2.24, 2.45) is 0 Å². The minimum Gasteiger partial charge on any atom is -0.462 e. The largest absolute Gasteiger partial charge is 0.462 e. The van der Waals surface area contributed by atoms with Crippen molar-refractivity contribution in [3.8, 4) is 0 Å². The van der Waals surface area contributed by atoms with Crippen molar-refractivity contribution in [3.63, 3.8) is 0 Å². The van der Waals surface area contributed by atoms with E-state index in [9.17, 15) is 14.4 Å². The second kappa shape index (κ2) is 45.8. The fraction of sp³-hybridized carbons (Fsp3) is 0.900. The Balaban J connectivity index is 4.13. The predicted molar refractivity (Wildman–Crippen MR) is 238 cm³/mol. The van der Waals surface area contributed by atoms with Gasteiger partial charge in [0.05, 0.1) is 0 Å². The van der Waals surface area contributed by atoms with E-state index in [-0.39, 0.29) is 31.1 Å². The second-order valence-electron chi connectivity index (χ2n) is 16.7. The molecule has 0 aromatic carbocycles. The van der Waals surface area contributed by atoms with Gasteiger partial charge in [-0.3, -0.25) is 14.4 Å². The Morgan fingerprint density at radius 3 is 0.893 bits per heavy atom. The van der Waals surface area contributed by atoms with Gasteiger partial charge in [-0.25, -0.2) is 0 Å². The van der Waals surface area contributed by atoms with Crippen molar-refractivity contribution >= 4 is 17.9 Å². The standard InChI is InChI=1S/C50H94O6/c1-4-7-10-13-16-18-20-21-22-23-24-25-26-27-28-29-30-32-34-37-40-43-49(52)55-46-47(45-54-48(51)42-39-36-33-15-12-9-6-3)56-50(53)44-41-38-35-31-19-17-14-11-8-5-2/h23-24,47H,4-22,25-46H2,1-3H3/b24-23-. The van der Waals surface area contributed by atoms with Crippen molar-refractivity contribution in [2.75, 3.05) is 13.2 Å². The molecular formula is C50H94O6. The first-order valence-corrected chi connectivity index (χ1v) is 24.7. The molecule has 0 saturated heterocycles. The van der Waals surface area contributed by atoms with Gasteiger partial charge in [-0.2, -0.15) is 0 Å². The Bertz CT molecular complexity index is 870. The van der Waals surface area contributed by atoms with Crippen LogP contribution < -0.4 is 0 Å². The number of allylic oxidation sites excluding steroid dienone is 2. The number of carbonyl (C=O) groups is 3. The lowest BCUT2D eigenvalue weighted by atomic mass is 10.1. The SMILES string of the molecule is CCCCCCCCCC/C=C\CCCCCCCCCCCC(=O)OCC(COC(=O)CCCCCCCCC)OC(=O)CCCCCCCCCCCC. The first kappa shape index (κ1) is 54.2. The molecule has 0 fully saturated rings. The van der Waals surface area contributed by atoms with E-state index in [4.69, 9.17) is 14.2 Å². The average Bonchev–Trinajstić information content (AvgIpc) is 3.19. The third kappa shape index (κ3) is 43.3. The normalized spacial score (nSPS) is 12.0. The number of carbonyl (C=O) groups excluding carboxylic acids is 3. The van der Waals surface area contributed by atoms with E-state index in [0.717, 1.165) is 57.8 Å². The minimum absolute atomic E-state index is 0.0670. The molecule has 330 valence electrons. The molecule has 0 rings (SSSR count). The highest BCUT2D eigenvalue weighted by molar-refractivity contribution is 5.71. The summed E-state index contributed by atoms with van der Waals surface area (Å²) in [5, 5.41) is 0. The summed E-state index contributed by atoms with van der Waals surface area (Å²) in [4.78, 5) is 37.6. The van der Waals surface area contributed by atoms with Crippen LogP contribution in [0, 0.1) is 0 Å². The fourth-order valence-electron chi connectivity index (χ4n) is 7.26. The Hall–Kier alpha value is -1.85. The summed E-state index contributed by atoms with van der Waals surface area (Å²) >= 11 is 0. The summed E-state index contributed by atoms with van der Waals surface area (Å²) in [6, 6.07) is 0. The molecule has 56 heavy (non-hydrogen) atoms. The zero-order valence-corrected chi connectivity index (χ0v) is 37.7.